The minimum Gasteiger partial charge on any atom is -0.469 e. The number of allylic oxidation sites excluding steroid dienone is 1. The summed E-state index contributed by atoms with van der Waals surface area (Å²) >= 11 is 0. The lowest BCUT2D eigenvalue weighted by Crippen LogP contribution is -2.59. The Balaban J connectivity index is 1.46. The maximum Gasteiger partial charge on any atom is 0.309 e. The summed E-state index contributed by atoms with van der Waals surface area (Å²) in [5.74, 6) is 1.90. The van der Waals surface area contributed by atoms with Crippen molar-refractivity contribution in [3.8, 4) is 0 Å². The molecule has 5 fully saturated rings. The number of hydrogen-bond donors (Lipinski definition) is 0. The maximum atomic E-state index is 13.0. The van der Waals surface area contributed by atoms with E-state index in [2.05, 4.69) is 13.8 Å². The highest BCUT2D eigenvalue weighted by Gasteiger charge is 2.80. The normalized spacial score (nSPS) is 53.2. The van der Waals surface area contributed by atoms with Crippen LogP contribution in [0.2, 0.25) is 0 Å². The van der Waals surface area contributed by atoms with E-state index in [-0.39, 0.29) is 46.0 Å². The number of ether oxygens (including phenoxy) is 2. The van der Waals surface area contributed by atoms with Crippen molar-refractivity contribution in [2.45, 2.75) is 70.8 Å². The van der Waals surface area contributed by atoms with Crippen molar-refractivity contribution in [1.29, 1.82) is 0 Å². The van der Waals surface area contributed by atoms with E-state index >= 15 is 0 Å². The van der Waals surface area contributed by atoms with Gasteiger partial charge in [-0.3, -0.25) is 14.4 Å². The van der Waals surface area contributed by atoms with Crippen LogP contribution in [0.5, 0.6) is 0 Å². The fourth-order valence-electron chi connectivity index (χ4n) is 9.30. The molecule has 4 saturated carbocycles. The van der Waals surface area contributed by atoms with E-state index in [4.69, 9.17) is 9.47 Å². The fraction of sp³-hybridized carbons (Fsp3) is 0.800. The summed E-state index contributed by atoms with van der Waals surface area (Å²) in [6.07, 6.45) is 8.58. The molecule has 5 aliphatic carbocycles. The molecule has 0 amide bonds. The highest BCUT2D eigenvalue weighted by molar-refractivity contribution is 5.92. The van der Waals surface area contributed by atoms with Gasteiger partial charge in [0.2, 0.25) is 0 Å². The molecule has 0 N–H and O–H groups in total. The molecule has 1 aliphatic heterocycles. The van der Waals surface area contributed by atoms with E-state index < -0.39 is 0 Å². The second-order valence-corrected chi connectivity index (χ2v) is 11.4. The molecule has 5 nitrogen and oxygen atoms in total. The lowest BCUT2D eigenvalue weighted by Gasteiger charge is -2.61. The molecule has 162 valence electrons. The quantitative estimate of drug-likeness (QED) is 0.612. The number of hydrogen-bond acceptors (Lipinski definition) is 5. The largest absolute Gasteiger partial charge is 0.469 e. The summed E-state index contributed by atoms with van der Waals surface area (Å²) in [7, 11) is 1.49. The Kier molecular flexibility index (Phi) is 3.67. The zero-order valence-corrected chi connectivity index (χ0v) is 18.2. The number of rotatable bonds is 1. The Bertz CT molecular complexity index is 890. The molecule has 0 aromatic carbocycles. The van der Waals surface area contributed by atoms with Crippen LogP contribution < -0.4 is 0 Å². The number of carbonyl (C=O) groups excluding carboxylic acids is 3. The van der Waals surface area contributed by atoms with Gasteiger partial charge in [0.15, 0.2) is 5.78 Å². The molecule has 6 rings (SSSR count). The summed E-state index contributed by atoms with van der Waals surface area (Å²) in [5.41, 5.74) is 0.801. The zero-order valence-electron chi connectivity index (χ0n) is 18.2. The summed E-state index contributed by atoms with van der Waals surface area (Å²) in [4.78, 5) is 37.5. The third-order valence-electron chi connectivity index (χ3n) is 10.6. The summed E-state index contributed by atoms with van der Waals surface area (Å²) < 4.78 is 11.5. The lowest BCUT2D eigenvalue weighted by molar-refractivity contribution is -0.185. The summed E-state index contributed by atoms with van der Waals surface area (Å²) in [6, 6.07) is 0. The van der Waals surface area contributed by atoms with Crippen LogP contribution in [-0.2, 0) is 23.9 Å². The first-order valence-electron chi connectivity index (χ1n) is 11.8. The molecule has 9 atom stereocenters. The molecule has 1 spiro atoms. The van der Waals surface area contributed by atoms with Crippen molar-refractivity contribution in [3.05, 3.63) is 11.6 Å². The molecule has 30 heavy (non-hydrogen) atoms. The number of esters is 2. The van der Waals surface area contributed by atoms with Crippen LogP contribution in [0, 0.1) is 46.3 Å². The molecule has 5 heteroatoms. The number of carbonyl (C=O) groups is 3. The first-order chi connectivity index (χ1) is 14.2. The topological polar surface area (TPSA) is 69.7 Å². The second kappa shape index (κ2) is 5.77. The van der Waals surface area contributed by atoms with Crippen molar-refractivity contribution in [3.63, 3.8) is 0 Å². The average molecular weight is 413 g/mol. The standard InChI is InChI=1S/C25H32O5/c1-23-7-4-14(26)10-13(23)11-16(22(28)29-3)20-17(23)5-8-24(2)21(20)15-12-18(15)25(24)9-6-19(27)30-25/h10,15-18,20-21H,4-9,11-12H2,1-3H3/t15-,16+,17?,18+,20?,21?,23?,24?,25?/m0/s1. The van der Waals surface area contributed by atoms with E-state index in [1.54, 1.807) is 0 Å². The molecule has 1 heterocycles. The van der Waals surface area contributed by atoms with Crippen LogP contribution in [0.4, 0.5) is 0 Å². The molecule has 0 aromatic heterocycles. The molecule has 1 saturated heterocycles. The van der Waals surface area contributed by atoms with Crippen molar-refractivity contribution < 1.29 is 23.9 Å². The Morgan fingerprint density at radius 3 is 2.63 bits per heavy atom. The van der Waals surface area contributed by atoms with E-state index in [0.29, 0.717) is 42.9 Å². The van der Waals surface area contributed by atoms with Crippen LogP contribution in [-0.4, -0.2) is 30.4 Å². The van der Waals surface area contributed by atoms with Crippen LogP contribution in [0.1, 0.15) is 65.2 Å². The second-order valence-electron chi connectivity index (χ2n) is 11.4. The summed E-state index contributed by atoms with van der Waals surface area (Å²) in [6.45, 7) is 4.69. The van der Waals surface area contributed by atoms with Gasteiger partial charge >= 0.3 is 11.9 Å². The molecular weight excluding hydrogens is 380 g/mol. The Hall–Kier alpha value is -1.65. The van der Waals surface area contributed by atoms with Crippen LogP contribution in [0.3, 0.4) is 0 Å². The molecule has 6 aliphatic rings. The SMILES string of the molecule is COC(=O)[C@@H]1CC2=CC(=O)CCC2(C)C2CCC3(C)C(C21)[C@H]1C[C@H]1C31CCC(=O)O1. The van der Waals surface area contributed by atoms with Crippen molar-refractivity contribution in [2.75, 3.05) is 7.11 Å². The summed E-state index contributed by atoms with van der Waals surface area (Å²) in [5, 5.41) is 0. The van der Waals surface area contributed by atoms with Gasteiger partial charge in [0, 0.05) is 24.2 Å². The van der Waals surface area contributed by atoms with E-state index in [1.807, 2.05) is 6.08 Å². The fourth-order valence-corrected chi connectivity index (χ4v) is 9.30. The smallest absolute Gasteiger partial charge is 0.309 e. The molecule has 0 radical (unpaired) electrons. The van der Waals surface area contributed by atoms with E-state index in [0.717, 1.165) is 32.1 Å². The lowest BCUT2D eigenvalue weighted by atomic mass is 9.43. The Morgan fingerprint density at radius 1 is 1.13 bits per heavy atom. The highest BCUT2D eigenvalue weighted by Crippen LogP contribution is 2.79. The van der Waals surface area contributed by atoms with Gasteiger partial charge in [-0.05, 0) is 73.7 Å². The van der Waals surface area contributed by atoms with Gasteiger partial charge in [0.25, 0.3) is 0 Å². The van der Waals surface area contributed by atoms with Gasteiger partial charge in [-0.15, -0.1) is 0 Å². The highest BCUT2D eigenvalue weighted by atomic mass is 16.6. The molecule has 6 unspecified atom stereocenters. The van der Waals surface area contributed by atoms with Crippen LogP contribution in [0.15, 0.2) is 11.6 Å². The van der Waals surface area contributed by atoms with Gasteiger partial charge < -0.3 is 9.47 Å². The van der Waals surface area contributed by atoms with Crippen molar-refractivity contribution in [1.82, 2.24) is 0 Å². The maximum absolute atomic E-state index is 13.0. The predicted molar refractivity (Wildman–Crippen MR) is 108 cm³/mol. The molecule has 0 aromatic rings. The number of fused-ring (bicyclic) bond motifs is 9. The van der Waals surface area contributed by atoms with Crippen LogP contribution >= 0.6 is 0 Å². The average Bonchev–Trinajstić information content (AvgIpc) is 3.36. The van der Waals surface area contributed by atoms with Gasteiger partial charge in [-0.25, -0.2) is 0 Å². The Labute approximate surface area is 177 Å². The van der Waals surface area contributed by atoms with Gasteiger partial charge in [0.05, 0.1) is 13.0 Å². The monoisotopic (exact) mass is 412 g/mol. The third-order valence-corrected chi connectivity index (χ3v) is 10.6. The van der Waals surface area contributed by atoms with Gasteiger partial charge in [-0.2, -0.15) is 0 Å². The minimum atomic E-state index is -0.315. The molecule has 0 bridgehead atoms. The van der Waals surface area contributed by atoms with Crippen molar-refractivity contribution >= 4 is 17.7 Å². The van der Waals surface area contributed by atoms with Gasteiger partial charge in [0.1, 0.15) is 5.60 Å². The van der Waals surface area contributed by atoms with E-state index in [9.17, 15) is 14.4 Å². The Morgan fingerprint density at radius 2 is 1.93 bits per heavy atom. The molecular formula is C25H32O5. The predicted octanol–water partition coefficient (Wildman–Crippen LogP) is 3.85. The van der Waals surface area contributed by atoms with Gasteiger partial charge in [-0.1, -0.05) is 19.4 Å². The van der Waals surface area contributed by atoms with Crippen molar-refractivity contribution in [2.24, 2.45) is 46.3 Å². The first kappa shape index (κ1) is 19.1. The minimum absolute atomic E-state index is 0.00305. The zero-order chi connectivity index (χ0) is 21.1. The number of methoxy groups -OCH3 is 1. The van der Waals surface area contributed by atoms with Crippen LogP contribution in [0.25, 0.3) is 0 Å². The first-order valence-corrected chi connectivity index (χ1v) is 11.8. The third kappa shape index (κ3) is 2.07. The number of ketones is 1. The van der Waals surface area contributed by atoms with E-state index in [1.165, 1.54) is 12.7 Å².